The maximum atomic E-state index is 12.4. The van der Waals surface area contributed by atoms with Gasteiger partial charge in [-0.15, -0.1) is 0 Å². The van der Waals surface area contributed by atoms with Crippen molar-refractivity contribution in [3.8, 4) is 0 Å². The summed E-state index contributed by atoms with van der Waals surface area (Å²) in [5.41, 5.74) is 1.55. The van der Waals surface area contributed by atoms with Crippen LogP contribution in [0.3, 0.4) is 0 Å². The lowest BCUT2D eigenvalue weighted by atomic mass is 10.0. The van der Waals surface area contributed by atoms with Gasteiger partial charge in [0.1, 0.15) is 0 Å². The van der Waals surface area contributed by atoms with E-state index < -0.39 is 14.9 Å². The first-order valence-electron chi connectivity index (χ1n) is 7.08. The van der Waals surface area contributed by atoms with Crippen LogP contribution in [-0.4, -0.2) is 13.3 Å². The van der Waals surface area contributed by atoms with Crippen LogP contribution in [0.15, 0.2) is 47.4 Å². The molecule has 0 heterocycles. The summed E-state index contributed by atoms with van der Waals surface area (Å²) in [6.45, 7) is 5.64. The summed E-state index contributed by atoms with van der Waals surface area (Å²) in [4.78, 5) is 10.5. The summed E-state index contributed by atoms with van der Waals surface area (Å²) in [6.07, 6.45) is 0. The first-order valence-corrected chi connectivity index (χ1v) is 8.57. The summed E-state index contributed by atoms with van der Waals surface area (Å²) in [5.74, 6) is 0.305. The third kappa shape index (κ3) is 3.87. The number of anilines is 1. The fourth-order valence-corrected chi connectivity index (χ4v) is 3.17. The lowest BCUT2D eigenvalue weighted by Gasteiger charge is -2.10. The minimum absolute atomic E-state index is 0.116. The summed E-state index contributed by atoms with van der Waals surface area (Å²) in [6, 6.07) is 10.8. The second-order valence-electron chi connectivity index (χ2n) is 5.59. The Labute approximate surface area is 135 Å². The van der Waals surface area contributed by atoms with Crippen LogP contribution in [0.5, 0.6) is 0 Å². The van der Waals surface area contributed by atoms with Crippen molar-refractivity contribution in [2.24, 2.45) is 0 Å². The van der Waals surface area contributed by atoms with Gasteiger partial charge in [0.05, 0.1) is 15.5 Å². The summed E-state index contributed by atoms with van der Waals surface area (Å²) in [7, 11) is -3.78. The van der Waals surface area contributed by atoms with E-state index in [0.29, 0.717) is 11.5 Å². The predicted molar refractivity (Wildman–Crippen MR) is 89.2 cm³/mol. The van der Waals surface area contributed by atoms with E-state index in [1.807, 2.05) is 13.8 Å². The molecule has 0 bridgehead atoms. The van der Waals surface area contributed by atoms with Gasteiger partial charge < -0.3 is 0 Å². The zero-order valence-electron chi connectivity index (χ0n) is 13.1. The van der Waals surface area contributed by atoms with Gasteiger partial charge in [-0.2, -0.15) is 0 Å². The fraction of sp³-hybridized carbons (Fsp3) is 0.250. The molecule has 0 radical (unpaired) electrons. The second-order valence-corrected chi connectivity index (χ2v) is 7.27. The SMILES string of the molecule is Cc1ccc(NS(=O)(=O)c2ccc(C(C)C)cc2)cc1[N+](=O)[O-]. The second kappa shape index (κ2) is 6.37. The Bertz CT molecular complexity index is 828. The molecule has 0 aliphatic heterocycles. The number of hydrogen-bond donors (Lipinski definition) is 1. The number of hydrogen-bond acceptors (Lipinski definition) is 4. The van der Waals surface area contributed by atoms with Gasteiger partial charge in [0.2, 0.25) is 0 Å². The van der Waals surface area contributed by atoms with Gasteiger partial charge in [0.15, 0.2) is 0 Å². The zero-order chi connectivity index (χ0) is 17.2. The average molecular weight is 334 g/mol. The molecule has 2 aromatic rings. The van der Waals surface area contributed by atoms with E-state index in [4.69, 9.17) is 0 Å². The third-order valence-corrected chi connectivity index (χ3v) is 4.91. The number of nitrogens with zero attached hydrogens (tertiary/aromatic N) is 1. The van der Waals surface area contributed by atoms with Gasteiger partial charge in [-0.05, 0) is 36.6 Å². The number of nitro benzene ring substituents is 1. The highest BCUT2D eigenvalue weighted by Gasteiger charge is 2.17. The topological polar surface area (TPSA) is 89.3 Å². The van der Waals surface area contributed by atoms with Gasteiger partial charge in [-0.25, -0.2) is 8.42 Å². The van der Waals surface area contributed by atoms with E-state index in [-0.39, 0.29) is 16.3 Å². The maximum absolute atomic E-state index is 12.4. The molecule has 0 saturated carbocycles. The number of benzene rings is 2. The highest BCUT2D eigenvalue weighted by molar-refractivity contribution is 7.92. The lowest BCUT2D eigenvalue weighted by molar-refractivity contribution is -0.385. The third-order valence-electron chi connectivity index (χ3n) is 3.52. The highest BCUT2D eigenvalue weighted by atomic mass is 32.2. The summed E-state index contributed by atoms with van der Waals surface area (Å²) < 4.78 is 27.1. The van der Waals surface area contributed by atoms with Gasteiger partial charge in [0, 0.05) is 11.6 Å². The predicted octanol–water partition coefficient (Wildman–Crippen LogP) is 3.83. The molecule has 0 atom stereocenters. The van der Waals surface area contributed by atoms with Crippen LogP contribution >= 0.6 is 0 Å². The van der Waals surface area contributed by atoms with E-state index in [0.717, 1.165) is 5.56 Å². The Morgan fingerprint density at radius 1 is 1.09 bits per heavy atom. The van der Waals surface area contributed by atoms with Gasteiger partial charge in [0.25, 0.3) is 15.7 Å². The van der Waals surface area contributed by atoms with Crippen molar-refractivity contribution in [1.82, 2.24) is 0 Å². The van der Waals surface area contributed by atoms with Crippen LogP contribution in [0.2, 0.25) is 0 Å². The van der Waals surface area contributed by atoms with Gasteiger partial charge in [-0.3, -0.25) is 14.8 Å². The lowest BCUT2D eigenvalue weighted by Crippen LogP contribution is -2.13. The highest BCUT2D eigenvalue weighted by Crippen LogP contribution is 2.25. The Kier molecular flexibility index (Phi) is 4.70. The smallest absolute Gasteiger partial charge is 0.274 e. The Morgan fingerprint density at radius 2 is 1.70 bits per heavy atom. The molecule has 23 heavy (non-hydrogen) atoms. The molecule has 1 N–H and O–H groups in total. The maximum Gasteiger partial charge on any atom is 0.274 e. The summed E-state index contributed by atoms with van der Waals surface area (Å²) >= 11 is 0. The first kappa shape index (κ1) is 17.0. The molecule has 0 unspecified atom stereocenters. The Morgan fingerprint density at radius 3 is 2.22 bits per heavy atom. The Balaban J connectivity index is 2.31. The van der Waals surface area contributed by atoms with Crippen molar-refractivity contribution >= 4 is 21.4 Å². The number of sulfonamides is 1. The van der Waals surface area contributed by atoms with Crippen LogP contribution in [0.1, 0.15) is 30.9 Å². The molecule has 0 aliphatic rings. The molecule has 122 valence electrons. The zero-order valence-corrected chi connectivity index (χ0v) is 13.9. The minimum atomic E-state index is -3.78. The van der Waals surface area contributed by atoms with E-state index in [2.05, 4.69) is 4.72 Å². The van der Waals surface area contributed by atoms with Gasteiger partial charge >= 0.3 is 0 Å². The number of nitrogens with one attached hydrogen (secondary N) is 1. The molecule has 7 heteroatoms. The van der Waals surface area contributed by atoms with Crippen LogP contribution < -0.4 is 4.72 Å². The quantitative estimate of drug-likeness (QED) is 0.665. The van der Waals surface area contributed by atoms with E-state index in [1.165, 1.54) is 30.3 Å². The molecule has 0 amide bonds. The number of aryl methyl sites for hydroxylation is 1. The molecular formula is C16H18N2O4S. The van der Waals surface area contributed by atoms with Crippen LogP contribution in [0.25, 0.3) is 0 Å². The van der Waals surface area contributed by atoms with E-state index >= 15 is 0 Å². The molecule has 0 fully saturated rings. The van der Waals surface area contributed by atoms with Crippen molar-refractivity contribution in [2.75, 3.05) is 4.72 Å². The van der Waals surface area contributed by atoms with Gasteiger partial charge in [-0.1, -0.05) is 32.0 Å². The van der Waals surface area contributed by atoms with Crippen molar-refractivity contribution in [2.45, 2.75) is 31.6 Å². The van der Waals surface area contributed by atoms with E-state index in [9.17, 15) is 18.5 Å². The largest absolute Gasteiger partial charge is 0.279 e. The fourth-order valence-electron chi connectivity index (χ4n) is 2.12. The normalized spacial score (nSPS) is 11.5. The molecule has 2 rings (SSSR count). The number of nitro groups is 1. The molecule has 2 aromatic carbocycles. The molecule has 0 spiro atoms. The number of rotatable bonds is 5. The monoisotopic (exact) mass is 334 g/mol. The molecule has 0 aliphatic carbocycles. The van der Waals surface area contributed by atoms with Crippen molar-refractivity contribution < 1.29 is 13.3 Å². The average Bonchev–Trinajstić information content (AvgIpc) is 2.48. The minimum Gasteiger partial charge on any atom is -0.279 e. The molecular weight excluding hydrogens is 316 g/mol. The standard InChI is InChI=1S/C16H18N2O4S/c1-11(2)13-5-8-15(9-6-13)23(21,22)17-14-7-4-12(3)16(10-14)18(19)20/h4-11,17H,1-3H3. The Hall–Kier alpha value is -2.41. The first-order chi connectivity index (χ1) is 10.7. The molecule has 0 saturated heterocycles. The van der Waals surface area contributed by atoms with Crippen molar-refractivity contribution in [3.05, 3.63) is 63.7 Å². The van der Waals surface area contributed by atoms with Crippen LogP contribution in [0, 0.1) is 17.0 Å². The van der Waals surface area contributed by atoms with Crippen molar-refractivity contribution in [3.63, 3.8) is 0 Å². The summed E-state index contributed by atoms with van der Waals surface area (Å²) in [5, 5.41) is 10.9. The molecule has 0 aromatic heterocycles. The van der Waals surface area contributed by atoms with Crippen LogP contribution in [0.4, 0.5) is 11.4 Å². The van der Waals surface area contributed by atoms with Crippen LogP contribution in [-0.2, 0) is 10.0 Å². The van der Waals surface area contributed by atoms with E-state index in [1.54, 1.807) is 19.1 Å². The molecule has 6 nitrogen and oxygen atoms in total. The van der Waals surface area contributed by atoms with Crippen molar-refractivity contribution in [1.29, 1.82) is 0 Å².